The van der Waals surface area contributed by atoms with Crippen LogP contribution in [0.25, 0.3) is 72.0 Å². The first-order chi connectivity index (χ1) is 32.2. The molecule has 1 aliphatic rings. The fourth-order valence-corrected chi connectivity index (χ4v) is 10.5. The van der Waals surface area contributed by atoms with Gasteiger partial charge in [-0.15, -0.1) is 0 Å². The molecule has 65 heavy (non-hydrogen) atoms. The number of nitrogens with zero attached hydrogens (tertiary/aromatic N) is 4. The molecule has 0 amide bonds. The van der Waals surface area contributed by atoms with E-state index in [2.05, 4.69) is 261 Å². The van der Waals surface area contributed by atoms with Crippen LogP contribution in [0.2, 0.25) is 0 Å². The number of fused-ring (bicyclic) bond motifs is 9. The van der Waals surface area contributed by atoms with Crippen LogP contribution in [0.3, 0.4) is 0 Å². The monoisotopic (exact) mass is 833 g/mol. The number of hydrogen-bond acceptors (Lipinski definition) is 2. The van der Waals surface area contributed by atoms with Crippen LogP contribution in [0.1, 0.15) is 11.3 Å². The lowest BCUT2D eigenvalue weighted by atomic mass is 9.94. The number of anilines is 5. The van der Waals surface area contributed by atoms with E-state index in [-0.39, 0.29) is 6.04 Å². The van der Waals surface area contributed by atoms with Crippen molar-refractivity contribution in [2.75, 3.05) is 9.80 Å². The van der Waals surface area contributed by atoms with Crippen molar-refractivity contribution in [1.82, 2.24) is 14.1 Å². The van der Waals surface area contributed by atoms with Gasteiger partial charge in [-0.25, -0.2) is 0 Å². The Balaban J connectivity index is 0.982. The maximum absolute atomic E-state index is 3.63. The summed E-state index contributed by atoms with van der Waals surface area (Å²) in [5.74, 6) is 0. The number of hydrogen-bond donors (Lipinski definition) is 1. The molecule has 12 aromatic rings. The number of para-hydroxylation sites is 6. The molecule has 0 unspecified atom stereocenters. The van der Waals surface area contributed by atoms with E-state index in [1.165, 1.54) is 54.7 Å². The SMILES string of the molecule is C1=C[C@H](N(c2ccccc2)c2ccc3c(c2)c2ccccc2n3-c2ccccc2)Cc2c1n(-c1ccccc1)c1ccc(N(c3ccccc3)c3ccc4[nH]c5ccccc5c4c3)cc21. The highest BCUT2D eigenvalue weighted by molar-refractivity contribution is 6.11. The van der Waals surface area contributed by atoms with E-state index in [9.17, 15) is 0 Å². The summed E-state index contributed by atoms with van der Waals surface area (Å²) in [5, 5.41) is 6.17. The smallest absolute Gasteiger partial charge is 0.0567 e. The Kier molecular flexibility index (Phi) is 8.59. The maximum Gasteiger partial charge on any atom is 0.0567 e. The van der Waals surface area contributed by atoms with Crippen LogP contribution >= 0.6 is 0 Å². The fraction of sp³-hybridized carbons (Fsp3) is 0.0333. The van der Waals surface area contributed by atoms with Gasteiger partial charge >= 0.3 is 0 Å². The second kappa shape index (κ2) is 15.1. The van der Waals surface area contributed by atoms with E-state index in [1.54, 1.807) is 0 Å². The second-order valence-corrected chi connectivity index (χ2v) is 17.0. The Hall–Kier alpha value is -8.54. The normalized spacial score (nSPS) is 13.6. The molecule has 9 aromatic carbocycles. The van der Waals surface area contributed by atoms with Gasteiger partial charge in [0.25, 0.3) is 0 Å². The standard InChI is InChI=1S/C60H43N5/c1-5-17-41(18-6-1)62(45-29-33-56-51(37-45)49-25-13-15-27-55(49)61-56)47-31-35-59-53(39-47)54-40-48(32-36-60(54)65(59)44-23-11-4-12-24-44)63(42-19-7-2-8-20-42)46-30-34-58-52(38-46)50-26-14-16-28-57(50)64(58)43-21-9-3-10-22-43/h1-39,48,61H,40H2/t48-/m0/s1. The summed E-state index contributed by atoms with van der Waals surface area (Å²) < 4.78 is 4.84. The van der Waals surface area contributed by atoms with Crippen LogP contribution < -0.4 is 9.80 Å². The van der Waals surface area contributed by atoms with Gasteiger partial charge in [0.05, 0.1) is 22.6 Å². The van der Waals surface area contributed by atoms with Gasteiger partial charge in [0.15, 0.2) is 0 Å². The minimum atomic E-state index is 0.0396. The summed E-state index contributed by atoms with van der Waals surface area (Å²) in [7, 11) is 0. The van der Waals surface area contributed by atoms with E-state index in [4.69, 9.17) is 0 Å². The fourth-order valence-electron chi connectivity index (χ4n) is 10.5. The van der Waals surface area contributed by atoms with Gasteiger partial charge in [-0.2, -0.15) is 0 Å². The Morgan fingerprint density at radius 3 is 1.65 bits per heavy atom. The van der Waals surface area contributed by atoms with Gasteiger partial charge in [0, 0.05) is 83.5 Å². The summed E-state index contributed by atoms with van der Waals surface area (Å²) in [5.41, 5.74) is 16.4. The minimum absolute atomic E-state index is 0.0396. The molecule has 5 nitrogen and oxygen atoms in total. The number of nitrogens with one attached hydrogen (secondary N) is 1. The summed E-state index contributed by atoms with van der Waals surface area (Å²) in [6.45, 7) is 0. The molecule has 0 radical (unpaired) electrons. The Morgan fingerprint density at radius 2 is 0.908 bits per heavy atom. The lowest BCUT2D eigenvalue weighted by Gasteiger charge is -2.34. The predicted molar refractivity (Wildman–Crippen MR) is 273 cm³/mol. The van der Waals surface area contributed by atoms with Crippen LogP contribution in [0.4, 0.5) is 28.4 Å². The van der Waals surface area contributed by atoms with Crippen LogP contribution in [0, 0.1) is 0 Å². The summed E-state index contributed by atoms with van der Waals surface area (Å²) >= 11 is 0. The van der Waals surface area contributed by atoms with Crippen LogP contribution in [0.5, 0.6) is 0 Å². The Bertz CT molecular complexity index is 3750. The van der Waals surface area contributed by atoms with Gasteiger partial charge in [-0.1, -0.05) is 115 Å². The second-order valence-electron chi connectivity index (χ2n) is 17.0. The van der Waals surface area contributed by atoms with Gasteiger partial charge in [-0.3, -0.25) is 0 Å². The van der Waals surface area contributed by atoms with Crippen molar-refractivity contribution in [2.24, 2.45) is 0 Å². The first-order valence-electron chi connectivity index (χ1n) is 22.4. The lowest BCUT2D eigenvalue weighted by Crippen LogP contribution is -2.33. The molecule has 0 bridgehead atoms. The average Bonchev–Trinajstić information content (AvgIpc) is 4.02. The first kappa shape index (κ1) is 37.1. The van der Waals surface area contributed by atoms with Crippen molar-refractivity contribution in [3.8, 4) is 11.4 Å². The highest BCUT2D eigenvalue weighted by Crippen LogP contribution is 2.44. The van der Waals surface area contributed by atoms with Crippen LogP contribution in [-0.2, 0) is 6.42 Å². The van der Waals surface area contributed by atoms with E-state index >= 15 is 0 Å². The summed E-state index contributed by atoms with van der Waals surface area (Å²) in [4.78, 5) is 8.57. The van der Waals surface area contributed by atoms with Crippen molar-refractivity contribution in [2.45, 2.75) is 12.5 Å². The zero-order chi connectivity index (χ0) is 42.8. The largest absolute Gasteiger partial charge is 0.355 e. The van der Waals surface area contributed by atoms with Crippen molar-refractivity contribution >= 4 is 89.0 Å². The number of aromatic nitrogens is 3. The average molecular weight is 834 g/mol. The Labute approximate surface area is 377 Å². The van der Waals surface area contributed by atoms with Gasteiger partial charge in [0.2, 0.25) is 0 Å². The van der Waals surface area contributed by atoms with E-state index < -0.39 is 0 Å². The quantitative estimate of drug-likeness (QED) is 0.165. The van der Waals surface area contributed by atoms with Crippen molar-refractivity contribution < 1.29 is 0 Å². The minimum Gasteiger partial charge on any atom is -0.355 e. The first-order valence-corrected chi connectivity index (χ1v) is 22.4. The molecule has 1 atom stereocenters. The van der Waals surface area contributed by atoms with Crippen molar-refractivity contribution in [1.29, 1.82) is 0 Å². The zero-order valence-corrected chi connectivity index (χ0v) is 35.6. The van der Waals surface area contributed by atoms with Gasteiger partial charge in [-0.05, 0) is 133 Å². The van der Waals surface area contributed by atoms with E-state index in [1.807, 2.05) is 0 Å². The van der Waals surface area contributed by atoms with Crippen LogP contribution in [-0.4, -0.2) is 20.2 Å². The summed E-state index contributed by atoms with van der Waals surface area (Å²) in [6.07, 6.45) is 5.60. The highest BCUT2D eigenvalue weighted by Gasteiger charge is 2.29. The molecular weight excluding hydrogens is 791 g/mol. The molecule has 0 aliphatic heterocycles. The third-order valence-electron chi connectivity index (χ3n) is 13.3. The highest BCUT2D eigenvalue weighted by atomic mass is 15.2. The summed E-state index contributed by atoms with van der Waals surface area (Å²) in [6, 6.07) is 81.4. The molecule has 0 fully saturated rings. The van der Waals surface area contributed by atoms with Crippen LogP contribution in [0.15, 0.2) is 231 Å². The molecule has 0 saturated carbocycles. The maximum atomic E-state index is 3.63. The molecule has 1 aliphatic carbocycles. The molecule has 0 spiro atoms. The molecule has 3 aromatic heterocycles. The van der Waals surface area contributed by atoms with Crippen molar-refractivity contribution in [3.05, 3.63) is 242 Å². The molecule has 0 saturated heterocycles. The van der Waals surface area contributed by atoms with E-state index in [0.717, 1.165) is 57.3 Å². The number of aromatic amines is 1. The third kappa shape index (κ3) is 6.08. The Morgan fingerprint density at radius 1 is 0.385 bits per heavy atom. The number of H-pyrrole nitrogens is 1. The predicted octanol–water partition coefficient (Wildman–Crippen LogP) is 15.6. The molecule has 13 rings (SSSR count). The molecular formula is C60H43N5. The number of rotatable bonds is 8. The molecule has 5 heteroatoms. The molecule has 3 heterocycles. The number of benzene rings is 9. The van der Waals surface area contributed by atoms with Crippen molar-refractivity contribution in [3.63, 3.8) is 0 Å². The lowest BCUT2D eigenvalue weighted by molar-refractivity contribution is 0.767. The molecule has 308 valence electrons. The van der Waals surface area contributed by atoms with Gasteiger partial charge in [0.1, 0.15) is 0 Å². The third-order valence-corrected chi connectivity index (χ3v) is 13.3. The zero-order valence-electron chi connectivity index (χ0n) is 35.6. The topological polar surface area (TPSA) is 32.1 Å². The van der Waals surface area contributed by atoms with Gasteiger partial charge < -0.3 is 23.9 Å². The van der Waals surface area contributed by atoms with E-state index in [0.29, 0.717) is 0 Å². The molecule has 1 N–H and O–H groups in total.